The van der Waals surface area contributed by atoms with E-state index in [-0.39, 0.29) is 17.6 Å². The first-order chi connectivity index (χ1) is 12.3. The van der Waals surface area contributed by atoms with Gasteiger partial charge in [0, 0.05) is 33.7 Å². The second-order valence-corrected chi connectivity index (χ2v) is 9.57. The van der Waals surface area contributed by atoms with Crippen LogP contribution in [-0.2, 0) is 20.4 Å². The maximum Gasteiger partial charge on any atom is 0.281 e. The highest BCUT2D eigenvalue weighted by atomic mass is 32.2. The van der Waals surface area contributed by atoms with Crippen molar-refractivity contribution < 1.29 is 17.6 Å². The molecule has 0 spiro atoms. The normalized spacial score (nSPS) is 20.9. The molecule has 1 amide bonds. The van der Waals surface area contributed by atoms with Gasteiger partial charge in [-0.2, -0.15) is 17.0 Å². The van der Waals surface area contributed by atoms with E-state index < -0.39 is 15.6 Å². The van der Waals surface area contributed by atoms with Gasteiger partial charge in [0.15, 0.2) is 0 Å². The number of carbonyl (C=O) groups is 1. The third-order valence-corrected chi connectivity index (χ3v) is 7.43. The Morgan fingerprint density at radius 3 is 2.31 bits per heavy atom. The van der Waals surface area contributed by atoms with Crippen LogP contribution in [0.3, 0.4) is 0 Å². The van der Waals surface area contributed by atoms with E-state index in [0.717, 1.165) is 31.2 Å². The molecule has 8 heteroatoms. The molecule has 26 heavy (non-hydrogen) atoms. The topological polar surface area (TPSA) is 69.7 Å². The molecule has 6 nitrogen and oxygen atoms in total. The minimum atomic E-state index is -3.36. The average Bonchev–Trinajstić information content (AvgIpc) is 3.42. The fraction of sp³-hybridized carbons (Fsp3) is 0.611. The fourth-order valence-electron chi connectivity index (χ4n) is 3.52. The second-order valence-electron chi connectivity index (χ2n) is 7.43. The van der Waals surface area contributed by atoms with E-state index >= 15 is 0 Å². The molecule has 0 aromatic heterocycles. The first-order valence-corrected chi connectivity index (χ1v) is 10.4. The second kappa shape index (κ2) is 7.25. The van der Waals surface area contributed by atoms with E-state index in [2.05, 4.69) is 5.32 Å². The maximum absolute atomic E-state index is 13.1. The lowest BCUT2D eigenvalue weighted by Gasteiger charge is -2.33. The molecule has 1 aliphatic carbocycles. The minimum Gasteiger partial charge on any atom is -0.355 e. The van der Waals surface area contributed by atoms with Crippen molar-refractivity contribution in [3.8, 4) is 0 Å². The molecular weight excluding hydrogens is 357 g/mol. The van der Waals surface area contributed by atoms with E-state index in [0.29, 0.717) is 19.6 Å². The van der Waals surface area contributed by atoms with Crippen molar-refractivity contribution in [3.05, 3.63) is 35.6 Å². The van der Waals surface area contributed by atoms with Crippen LogP contribution in [0.15, 0.2) is 24.3 Å². The molecule has 1 saturated carbocycles. The molecule has 0 atom stereocenters. The lowest BCUT2D eigenvalue weighted by atomic mass is 9.93. The minimum absolute atomic E-state index is 0.00699. The molecule has 1 aromatic rings. The molecule has 1 N–H and O–H groups in total. The van der Waals surface area contributed by atoms with Crippen molar-refractivity contribution in [2.75, 3.05) is 33.7 Å². The van der Waals surface area contributed by atoms with E-state index in [9.17, 15) is 17.6 Å². The zero-order chi connectivity index (χ0) is 18.9. The zero-order valence-electron chi connectivity index (χ0n) is 15.2. The monoisotopic (exact) mass is 383 g/mol. The number of amides is 1. The van der Waals surface area contributed by atoms with Crippen molar-refractivity contribution in [2.45, 2.75) is 31.1 Å². The van der Waals surface area contributed by atoms with Gasteiger partial charge >= 0.3 is 0 Å². The number of hydrogen-bond acceptors (Lipinski definition) is 3. The summed E-state index contributed by atoms with van der Waals surface area (Å²) in [6, 6.07) is 6.16. The van der Waals surface area contributed by atoms with Crippen LogP contribution in [0.1, 0.15) is 31.2 Å². The zero-order valence-corrected chi connectivity index (χ0v) is 16.1. The summed E-state index contributed by atoms with van der Waals surface area (Å²) in [7, 11) is -0.291. The molecule has 0 bridgehead atoms. The summed E-state index contributed by atoms with van der Waals surface area (Å²) < 4.78 is 40.1. The van der Waals surface area contributed by atoms with Crippen LogP contribution < -0.4 is 5.32 Å². The number of rotatable bonds is 6. The summed E-state index contributed by atoms with van der Waals surface area (Å²) in [5.74, 6) is -0.0339. The van der Waals surface area contributed by atoms with Gasteiger partial charge in [-0.25, -0.2) is 4.39 Å². The summed E-state index contributed by atoms with van der Waals surface area (Å²) in [6.45, 7) is 1.51. The van der Waals surface area contributed by atoms with E-state index in [4.69, 9.17) is 0 Å². The van der Waals surface area contributed by atoms with Crippen LogP contribution >= 0.6 is 0 Å². The Bertz CT molecular complexity index is 752. The van der Waals surface area contributed by atoms with Crippen LogP contribution in [-0.4, -0.2) is 56.7 Å². The van der Waals surface area contributed by atoms with Gasteiger partial charge in [-0.15, -0.1) is 0 Å². The SMILES string of the molecule is CN(C)S(=O)(=O)N1CCC(CNC(=O)C2(c3ccc(F)cc3)CC2)CC1. The third kappa shape index (κ3) is 3.77. The highest BCUT2D eigenvalue weighted by Crippen LogP contribution is 2.48. The van der Waals surface area contributed by atoms with Crippen LogP contribution in [0.25, 0.3) is 0 Å². The Labute approximate surface area is 154 Å². The Balaban J connectivity index is 1.51. The van der Waals surface area contributed by atoms with Gasteiger partial charge in [0.05, 0.1) is 5.41 Å². The Kier molecular flexibility index (Phi) is 5.37. The molecule has 1 heterocycles. The van der Waals surface area contributed by atoms with Crippen molar-refractivity contribution in [1.82, 2.24) is 13.9 Å². The fourth-order valence-corrected chi connectivity index (χ4v) is 4.66. The number of hydrogen-bond donors (Lipinski definition) is 1. The number of nitrogens with one attached hydrogen (secondary N) is 1. The standard InChI is InChI=1S/C18H26FN3O3S/c1-21(2)26(24,25)22-11-7-14(8-12-22)13-20-17(23)18(9-10-18)15-3-5-16(19)6-4-15/h3-6,14H,7-13H2,1-2H3,(H,20,23). The summed E-state index contributed by atoms with van der Waals surface area (Å²) in [4.78, 5) is 12.7. The van der Waals surface area contributed by atoms with Crippen LogP contribution in [0, 0.1) is 11.7 Å². The van der Waals surface area contributed by atoms with Gasteiger partial charge < -0.3 is 5.32 Å². The molecule has 3 rings (SSSR count). The lowest BCUT2D eigenvalue weighted by molar-refractivity contribution is -0.123. The highest BCUT2D eigenvalue weighted by molar-refractivity contribution is 7.86. The van der Waals surface area contributed by atoms with Gasteiger partial charge in [-0.3, -0.25) is 4.79 Å². The molecular formula is C18H26FN3O3S. The quantitative estimate of drug-likeness (QED) is 0.809. The van der Waals surface area contributed by atoms with Gasteiger partial charge in [-0.1, -0.05) is 12.1 Å². The van der Waals surface area contributed by atoms with Gasteiger partial charge in [0.1, 0.15) is 5.82 Å². The van der Waals surface area contributed by atoms with Crippen molar-refractivity contribution >= 4 is 16.1 Å². The molecule has 0 unspecified atom stereocenters. The average molecular weight is 383 g/mol. The largest absolute Gasteiger partial charge is 0.355 e. The van der Waals surface area contributed by atoms with E-state index in [1.165, 1.54) is 34.8 Å². The molecule has 0 radical (unpaired) electrons. The Morgan fingerprint density at radius 2 is 1.81 bits per heavy atom. The lowest BCUT2D eigenvalue weighted by Crippen LogP contribution is -2.46. The van der Waals surface area contributed by atoms with Crippen LogP contribution in [0.4, 0.5) is 4.39 Å². The number of nitrogens with zero attached hydrogens (tertiary/aromatic N) is 2. The van der Waals surface area contributed by atoms with Crippen molar-refractivity contribution in [1.29, 1.82) is 0 Å². The first-order valence-electron chi connectivity index (χ1n) is 8.98. The van der Waals surface area contributed by atoms with Gasteiger partial charge in [0.25, 0.3) is 10.2 Å². The summed E-state index contributed by atoms with van der Waals surface area (Å²) in [5.41, 5.74) is 0.353. The van der Waals surface area contributed by atoms with E-state index in [1.807, 2.05) is 0 Å². The number of piperidine rings is 1. The number of halogens is 1. The molecule has 1 saturated heterocycles. The summed E-state index contributed by atoms with van der Waals surface area (Å²) in [5, 5.41) is 3.03. The summed E-state index contributed by atoms with van der Waals surface area (Å²) >= 11 is 0. The van der Waals surface area contributed by atoms with E-state index in [1.54, 1.807) is 12.1 Å². The predicted octanol–water partition coefficient (Wildman–Crippen LogP) is 1.49. The molecule has 2 fully saturated rings. The van der Waals surface area contributed by atoms with Crippen LogP contribution in [0.2, 0.25) is 0 Å². The molecule has 1 aromatic carbocycles. The summed E-state index contributed by atoms with van der Waals surface area (Å²) in [6.07, 6.45) is 3.03. The molecule has 2 aliphatic rings. The predicted molar refractivity (Wildman–Crippen MR) is 97.2 cm³/mol. The van der Waals surface area contributed by atoms with Crippen LogP contribution in [0.5, 0.6) is 0 Å². The Morgan fingerprint density at radius 1 is 1.23 bits per heavy atom. The third-order valence-electron chi connectivity index (χ3n) is 5.49. The number of carbonyl (C=O) groups excluding carboxylic acids is 1. The highest BCUT2D eigenvalue weighted by Gasteiger charge is 2.51. The smallest absolute Gasteiger partial charge is 0.281 e. The van der Waals surface area contributed by atoms with Gasteiger partial charge in [0.2, 0.25) is 5.91 Å². The molecule has 144 valence electrons. The number of benzene rings is 1. The molecule has 1 aliphatic heterocycles. The Hall–Kier alpha value is -1.51. The van der Waals surface area contributed by atoms with Crippen molar-refractivity contribution in [3.63, 3.8) is 0 Å². The first kappa shape index (κ1) is 19.3. The van der Waals surface area contributed by atoms with Crippen molar-refractivity contribution in [2.24, 2.45) is 5.92 Å². The van der Waals surface area contributed by atoms with Gasteiger partial charge in [-0.05, 0) is 49.3 Å². The maximum atomic E-state index is 13.1.